The van der Waals surface area contributed by atoms with Crippen LogP contribution in [0.1, 0.15) is 28.9 Å². The van der Waals surface area contributed by atoms with Crippen molar-refractivity contribution in [1.82, 2.24) is 9.88 Å². The number of nitrogens with zero attached hydrogens (tertiary/aromatic N) is 1. The Bertz CT molecular complexity index is 1050. The average molecular weight is 410 g/mol. The third-order valence-electron chi connectivity index (χ3n) is 5.31. The lowest BCUT2D eigenvalue weighted by molar-refractivity contribution is -0.123. The van der Waals surface area contributed by atoms with Gasteiger partial charge in [0.25, 0.3) is 0 Å². The number of carboxylic acid groups (broad SMARTS) is 1. The van der Waals surface area contributed by atoms with Gasteiger partial charge in [0.1, 0.15) is 5.69 Å². The number of H-pyrrole nitrogens is 1. The van der Waals surface area contributed by atoms with E-state index in [0.717, 1.165) is 40.7 Å². The van der Waals surface area contributed by atoms with Gasteiger partial charge in [0, 0.05) is 28.9 Å². The highest BCUT2D eigenvalue weighted by molar-refractivity contribution is 7.99. The van der Waals surface area contributed by atoms with E-state index >= 15 is 0 Å². The second-order valence-electron chi connectivity index (χ2n) is 7.41. The molecule has 1 aliphatic heterocycles. The van der Waals surface area contributed by atoms with Gasteiger partial charge >= 0.3 is 5.97 Å². The summed E-state index contributed by atoms with van der Waals surface area (Å²) in [7, 11) is 0. The highest BCUT2D eigenvalue weighted by Gasteiger charge is 2.24. The third kappa shape index (κ3) is 4.31. The molecule has 2 heterocycles. The van der Waals surface area contributed by atoms with E-state index in [1.165, 1.54) is 11.8 Å². The molecule has 1 fully saturated rings. The van der Waals surface area contributed by atoms with Crippen LogP contribution in [-0.4, -0.2) is 40.0 Å². The van der Waals surface area contributed by atoms with Crippen molar-refractivity contribution in [3.05, 3.63) is 59.8 Å². The molecule has 7 heteroatoms. The molecule has 1 unspecified atom stereocenters. The predicted octanol–water partition coefficient (Wildman–Crippen LogP) is 3.71. The maximum Gasteiger partial charge on any atom is 0.353 e. The van der Waals surface area contributed by atoms with Gasteiger partial charge in [0.15, 0.2) is 0 Å². The summed E-state index contributed by atoms with van der Waals surface area (Å²) in [6, 6.07) is 15.7. The molecule has 4 rings (SSSR count). The van der Waals surface area contributed by atoms with Crippen LogP contribution in [0.5, 0.6) is 0 Å². The minimum Gasteiger partial charge on any atom is -0.477 e. The Morgan fingerprint density at radius 1 is 1.21 bits per heavy atom. The maximum absolute atomic E-state index is 11.8. The number of aromatic nitrogens is 1. The quantitative estimate of drug-likeness (QED) is 0.576. The second kappa shape index (κ2) is 8.31. The van der Waals surface area contributed by atoms with Crippen LogP contribution in [0, 0.1) is 5.92 Å². The molecule has 4 N–H and O–H groups in total. The largest absolute Gasteiger partial charge is 0.477 e. The number of aromatic amines is 1. The summed E-state index contributed by atoms with van der Waals surface area (Å²) in [6.45, 7) is 2.32. The number of benzene rings is 2. The Labute approximate surface area is 173 Å². The van der Waals surface area contributed by atoms with E-state index in [2.05, 4.69) is 16.0 Å². The van der Waals surface area contributed by atoms with Gasteiger partial charge < -0.3 is 15.8 Å². The van der Waals surface area contributed by atoms with Crippen LogP contribution in [0.15, 0.2) is 58.3 Å². The van der Waals surface area contributed by atoms with Crippen molar-refractivity contribution in [2.24, 2.45) is 11.7 Å². The van der Waals surface area contributed by atoms with Crippen molar-refractivity contribution in [3.63, 3.8) is 0 Å². The molecular formula is C22H23N3O3S. The van der Waals surface area contributed by atoms with Crippen LogP contribution in [0.4, 0.5) is 0 Å². The average Bonchev–Trinajstić information content (AvgIpc) is 3.07. The highest BCUT2D eigenvalue weighted by Crippen LogP contribution is 2.37. The molecule has 1 amide bonds. The normalized spacial score (nSPS) is 17.4. The number of rotatable bonds is 6. The molecular weight excluding hydrogens is 386 g/mol. The fraction of sp³-hybridized carbons (Fsp3) is 0.273. The first kappa shape index (κ1) is 19.5. The molecule has 2 aromatic carbocycles. The number of carbonyl (C=O) groups is 2. The Morgan fingerprint density at radius 3 is 2.72 bits per heavy atom. The van der Waals surface area contributed by atoms with E-state index in [1.54, 1.807) is 0 Å². The number of hydrogen-bond donors (Lipinski definition) is 3. The van der Waals surface area contributed by atoms with E-state index in [1.807, 2.05) is 42.5 Å². The minimum atomic E-state index is -0.971. The van der Waals surface area contributed by atoms with Gasteiger partial charge in [0.2, 0.25) is 5.91 Å². The smallest absolute Gasteiger partial charge is 0.353 e. The summed E-state index contributed by atoms with van der Waals surface area (Å²) in [5, 5.41) is 10.6. The topological polar surface area (TPSA) is 99.4 Å². The van der Waals surface area contributed by atoms with Crippen molar-refractivity contribution in [2.45, 2.75) is 29.2 Å². The number of nitrogens with two attached hydrogens (primary N) is 1. The second-order valence-corrected chi connectivity index (χ2v) is 8.49. The van der Waals surface area contributed by atoms with Gasteiger partial charge in [-0.15, -0.1) is 0 Å². The SMILES string of the molecule is NC(=O)C1CCCN(Cc2ccc3[nH]c(C(=O)O)c(Sc4ccccc4)c3c2)C1. The molecule has 1 aromatic heterocycles. The molecule has 29 heavy (non-hydrogen) atoms. The molecule has 0 spiro atoms. The number of likely N-dealkylation sites (tertiary alicyclic amines) is 1. The number of primary amides is 1. The zero-order valence-electron chi connectivity index (χ0n) is 15.9. The zero-order chi connectivity index (χ0) is 20.4. The van der Waals surface area contributed by atoms with Crippen LogP contribution in [0.3, 0.4) is 0 Å². The minimum absolute atomic E-state index is 0.0949. The Balaban J connectivity index is 1.64. The monoisotopic (exact) mass is 409 g/mol. The van der Waals surface area contributed by atoms with Crippen LogP contribution in [0.25, 0.3) is 10.9 Å². The molecule has 150 valence electrons. The highest BCUT2D eigenvalue weighted by atomic mass is 32.2. The number of hydrogen-bond acceptors (Lipinski definition) is 4. The van der Waals surface area contributed by atoms with Crippen LogP contribution >= 0.6 is 11.8 Å². The number of fused-ring (bicyclic) bond motifs is 1. The molecule has 0 aliphatic carbocycles. The fourth-order valence-corrected chi connectivity index (χ4v) is 4.91. The van der Waals surface area contributed by atoms with Crippen molar-refractivity contribution >= 4 is 34.5 Å². The number of carbonyl (C=O) groups excluding carboxylic acids is 1. The number of carboxylic acids is 1. The first-order valence-corrected chi connectivity index (χ1v) is 10.5. The summed E-state index contributed by atoms with van der Waals surface area (Å²) in [6.07, 6.45) is 1.81. The van der Waals surface area contributed by atoms with Crippen LogP contribution in [0.2, 0.25) is 0 Å². The van der Waals surface area contributed by atoms with Gasteiger partial charge in [-0.05, 0) is 49.2 Å². The summed E-state index contributed by atoms with van der Waals surface area (Å²) in [5.74, 6) is -1.30. The Morgan fingerprint density at radius 2 is 2.00 bits per heavy atom. The maximum atomic E-state index is 11.8. The summed E-state index contributed by atoms with van der Waals surface area (Å²) in [5.41, 5.74) is 7.59. The lowest BCUT2D eigenvalue weighted by atomic mass is 9.97. The van der Waals surface area contributed by atoms with E-state index in [-0.39, 0.29) is 17.5 Å². The third-order valence-corrected chi connectivity index (χ3v) is 6.44. The van der Waals surface area contributed by atoms with Gasteiger partial charge in [-0.3, -0.25) is 9.69 Å². The Hall–Kier alpha value is -2.77. The van der Waals surface area contributed by atoms with Gasteiger partial charge in [-0.25, -0.2) is 4.79 Å². The number of aromatic carboxylic acids is 1. The molecule has 0 radical (unpaired) electrons. The van der Waals surface area contributed by atoms with Crippen LogP contribution in [-0.2, 0) is 11.3 Å². The van der Waals surface area contributed by atoms with E-state index in [4.69, 9.17) is 5.73 Å². The first-order chi connectivity index (χ1) is 14.0. The number of nitrogens with one attached hydrogen (secondary N) is 1. The molecule has 1 atom stereocenters. The summed E-state index contributed by atoms with van der Waals surface area (Å²) < 4.78 is 0. The molecule has 1 saturated heterocycles. The number of piperidine rings is 1. The first-order valence-electron chi connectivity index (χ1n) is 9.63. The van der Waals surface area contributed by atoms with Gasteiger partial charge in [0.05, 0.1) is 10.8 Å². The van der Waals surface area contributed by atoms with Crippen molar-refractivity contribution in [1.29, 1.82) is 0 Å². The molecule has 6 nitrogen and oxygen atoms in total. The van der Waals surface area contributed by atoms with E-state index < -0.39 is 5.97 Å². The molecule has 1 aliphatic rings. The summed E-state index contributed by atoms with van der Waals surface area (Å²) >= 11 is 1.45. The van der Waals surface area contributed by atoms with Crippen molar-refractivity contribution in [3.8, 4) is 0 Å². The fourth-order valence-electron chi connectivity index (χ4n) is 3.87. The standard InChI is InChI=1S/C22H23N3O3S/c23-21(26)15-5-4-10-25(13-15)12-14-8-9-18-17(11-14)20(19(24-18)22(27)28)29-16-6-2-1-3-7-16/h1-3,6-9,11,15,24H,4-5,10,12-13H2,(H2,23,26)(H,27,28). The molecule has 0 bridgehead atoms. The van der Waals surface area contributed by atoms with Crippen molar-refractivity contribution < 1.29 is 14.7 Å². The lowest BCUT2D eigenvalue weighted by Crippen LogP contribution is -2.40. The summed E-state index contributed by atoms with van der Waals surface area (Å²) in [4.78, 5) is 30.3. The van der Waals surface area contributed by atoms with Crippen LogP contribution < -0.4 is 5.73 Å². The van der Waals surface area contributed by atoms with Gasteiger partial charge in [-0.1, -0.05) is 36.0 Å². The lowest BCUT2D eigenvalue weighted by Gasteiger charge is -2.31. The Kier molecular flexibility index (Phi) is 5.60. The number of amides is 1. The molecule has 3 aromatic rings. The van der Waals surface area contributed by atoms with E-state index in [0.29, 0.717) is 18.0 Å². The predicted molar refractivity (Wildman–Crippen MR) is 113 cm³/mol. The zero-order valence-corrected chi connectivity index (χ0v) is 16.7. The van der Waals surface area contributed by atoms with Gasteiger partial charge in [-0.2, -0.15) is 0 Å². The van der Waals surface area contributed by atoms with E-state index in [9.17, 15) is 14.7 Å². The van der Waals surface area contributed by atoms with Crippen molar-refractivity contribution in [2.75, 3.05) is 13.1 Å². The molecule has 0 saturated carbocycles.